The van der Waals surface area contributed by atoms with Crippen LogP contribution in [0.1, 0.15) is 116 Å². The molecule has 0 saturated heterocycles. The average Bonchev–Trinajstić information content (AvgIpc) is 2.79. The molecule has 0 rings (SSSR count). The van der Waals surface area contributed by atoms with Gasteiger partial charge in [0.15, 0.2) is 0 Å². The van der Waals surface area contributed by atoms with E-state index in [1.54, 1.807) is 0 Å². The Balaban J connectivity index is 4.10. The number of unbranched alkanes of at least 4 members (excludes halogenated alkanes) is 12. The third kappa shape index (κ3) is 20.7. The summed E-state index contributed by atoms with van der Waals surface area (Å²) in [5, 5.41) is 27.3. The maximum absolute atomic E-state index is 11.1. The second-order valence-corrected chi connectivity index (χ2v) is 9.61. The van der Waals surface area contributed by atoms with Gasteiger partial charge in [-0.25, -0.2) is 0 Å². The predicted octanol–water partition coefficient (Wildman–Crippen LogP) is 6.26. The summed E-state index contributed by atoms with van der Waals surface area (Å²) < 4.78 is 0.262. The number of allylic oxidation sites excluding steroid dienone is 2. The van der Waals surface area contributed by atoms with E-state index in [1.165, 1.54) is 70.6 Å². The molecule has 0 atom stereocenters. The van der Waals surface area contributed by atoms with Crippen LogP contribution in [0.4, 0.5) is 0 Å². The summed E-state index contributed by atoms with van der Waals surface area (Å²) in [5.41, 5.74) is 0. The Bertz CT molecular complexity index is 530. The maximum Gasteiger partial charge on any atom is 0.309 e. The van der Waals surface area contributed by atoms with Crippen molar-refractivity contribution in [2.24, 2.45) is 0 Å². The van der Waals surface area contributed by atoms with Gasteiger partial charge < -0.3 is 19.8 Å². The van der Waals surface area contributed by atoms with Gasteiger partial charge in [-0.1, -0.05) is 70.4 Å². The lowest BCUT2D eigenvalue weighted by molar-refractivity contribution is -0.927. The van der Waals surface area contributed by atoms with E-state index < -0.39 is 17.9 Å². The Morgan fingerprint density at radius 3 is 1.26 bits per heavy atom. The number of nitrogens with zero attached hydrogens (tertiary/aromatic N) is 1. The molecule has 0 saturated carbocycles. The molecule has 0 aromatic carbocycles. The first-order valence-corrected chi connectivity index (χ1v) is 13.5. The molecule has 0 radical (unpaired) electrons. The molecule has 198 valence electrons. The summed E-state index contributed by atoms with van der Waals surface area (Å²) in [6, 6.07) is 0. The van der Waals surface area contributed by atoms with Gasteiger partial charge in [0, 0.05) is 0 Å². The molecule has 3 N–H and O–H groups in total. The number of hydrogen-bond acceptors (Lipinski definition) is 3. The largest absolute Gasteiger partial charge is 0.481 e. The first-order chi connectivity index (χ1) is 16.3. The minimum absolute atomic E-state index is 0.0755. The quantitative estimate of drug-likeness (QED) is 0.0800. The van der Waals surface area contributed by atoms with E-state index in [9.17, 15) is 14.4 Å². The van der Waals surface area contributed by atoms with Gasteiger partial charge in [-0.05, 0) is 38.5 Å². The van der Waals surface area contributed by atoms with Gasteiger partial charge in [0.05, 0.1) is 45.4 Å². The average molecular weight is 485 g/mol. The number of carbonyl (C=O) groups is 3. The third-order valence-corrected chi connectivity index (χ3v) is 6.54. The fraction of sp³-hybridized carbons (Fsp3) is 0.815. The number of carboxylic acid groups (broad SMARTS) is 3. The lowest BCUT2D eigenvalue weighted by Crippen LogP contribution is -2.52. The number of rotatable bonds is 25. The van der Waals surface area contributed by atoms with Crippen LogP contribution < -0.4 is 0 Å². The highest BCUT2D eigenvalue weighted by atomic mass is 16.4. The van der Waals surface area contributed by atoms with Crippen LogP contribution in [-0.2, 0) is 14.4 Å². The fourth-order valence-corrected chi connectivity index (χ4v) is 4.36. The van der Waals surface area contributed by atoms with Crippen LogP contribution in [0, 0.1) is 0 Å². The summed E-state index contributed by atoms with van der Waals surface area (Å²) in [6.45, 7) is 3.71. The molecule has 0 aliphatic rings. The summed E-state index contributed by atoms with van der Waals surface area (Å²) >= 11 is 0. The van der Waals surface area contributed by atoms with E-state index in [2.05, 4.69) is 19.1 Å². The van der Waals surface area contributed by atoms with Gasteiger partial charge in [0.2, 0.25) is 0 Å². The zero-order chi connectivity index (χ0) is 25.5. The molecule has 7 nitrogen and oxygen atoms in total. The number of hydrogen-bond donors (Lipinski definition) is 3. The van der Waals surface area contributed by atoms with Crippen LogP contribution in [0.25, 0.3) is 0 Å². The second kappa shape index (κ2) is 21.6. The molecule has 0 aromatic rings. The maximum atomic E-state index is 11.1. The molecule has 0 amide bonds. The van der Waals surface area contributed by atoms with E-state index in [-0.39, 0.29) is 43.4 Å². The zero-order valence-electron chi connectivity index (χ0n) is 21.5. The molecule has 0 unspecified atom stereocenters. The highest BCUT2D eigenvalue weighted by Gasteiger charge is 2.29. The van der Waals surface area contributed by atoms with E-state index in [0.717, 1.165) is 19.3 Å². The van der Waals surface area contributed by atoms with Crippen molar-refractivity contribution in [2.75, 3.05) is 26.2 Å². The first-order valence-electron chi connectivity index (χ1n) is 13.5. The molecule has 34 heavy (non-hydrogen) atoms. The zero-order valence-corrected chi connectivity index (χ0v) is 21.5. The standard InChI is InChI=1S/C27H49NO6/c1-2-3-4-5-6-7-8-9-10-11-12-13-14-15-16-17-21-28(22-18-25(29)30,23-19-26(31)32)24-20-27(33)34/h6-7H,2-5,8-24H2,1H3,(H2-,29,30,31,32,33,34)/p+1/b7-6+. The molecule has 0 aliphatic heterocycles. The Morgan fingerprint density at radius 2 is 0.882 bits per heavy atom. The van der Waals surface area contributed by atoms with E-state index in [4.69, 9.17) is 15.3 Å². The molecule has 0 aromatic heterocycles. The van der Waals surface area contributed by atoms with Crippen molar-refractivity contribution in [3.8, 4) is 0 Å². The smallest absolute Gasteiger partial charge is 0.309 e. The summed E-state index contributed by atoms with van der Waals surface area (Å²) in [6.07, 6.45) is 21.2. The van der Waals surface area contributed by atoms with E-state index >= 15 is 0 Å². The Hall–Kier alpha value is -1.89. The Morgan fingerprint density at radius 1 is 0.529 bits per heavy atom. The van der Waals surface area contributed by atoms with Crippen molar-refractivity contribution in [2.45, 2.75) is 116 Å². The van der Waals surface area contributed by atoms with Crippen molar-refractivity contribution >= 4 is 17.9 Å². The van der Waals surface area contributed by atoms with Crippen molar-refractivity contribution in [3.63, 3.8) is 0 Å². The molecule has 7 heteroatoms. The predicted molar refractivity (Wildman–Crippen MR) is 136 cm³/mol. The van der Waals surface area contributed by atoms with Crippen molar-refractivity contribution < 1.29 is 34.2 Å². The van der Waals surface area contributed by atoms with E-state index in [1.807, 2.05) is 0 Å². The third-order valence-electron chi connectivity index (χ3n) is 6.54. The van der Waals surface area contributed by atoms with Crippen LogP contribution in [-0.4, -0.2) is 63.9 Å². The molecule has 0 aliphatic carbocycles. The highest BCUT2D eigenvalue weighted by Crippen LogP contribution is 2.17. The van der Waals surface area contributed by atoms with Crippen molar-refractivity contribution in [1.29, 1.82) is 0 Å². The molecular weight excluding hydrogens is 434 g/mol. The lowest BCUT2D eigenvalue weighted by Gasteiger charge is -2.38. The normalized spacial score (nSPS) is 11.8. The van der Waals surface area contributed by atoms with Crippen LogP contribution in [0.15, 0.2) is 12.2 Å². The molecule has 0 heterocycles. The van der Waals surface area contributed by atoms with Crippen molar-refractivity contribution in [1.82, 2.24) is 0 Å². The summed E-state index contributed by atoms with van der Waals surface area (Å²) in [4.78, 5) is 33.3. The lowest BCUT2D eigenvalue weighted by atomic mass is 10.1. The minimum Gasteiger partial charge on any atom is -0.481 e. The van der Waals surface area contributed by atoms with Gasteiger partial charge in [0.1, 0.15) is 0 Å². The topological polar surface area (TPSA) is 112 Å². The Kier molecular flexibility index (Phi) is 20.4. The van der Waals surface area contributed by atoms with Crippen molar-refractivity contribution in [3.05, 3.63) is 12.2 Å². The molecule has 0 bridgehead atoms. The van der Waals surface area contributed by atoms with Crippen LogP contribution in [0.2, 0.25) is 0 Å². The van der Waals surface area contributed by atoms with Gasteiger partial charge >= 0.3 is 17.9 Å². The summed E-state index contributed by atoms with van der Waals surface area (Å²) in [7, 11) is 0. The number of aliphatic carboxylic acids is 3. The second-order valence-electron chi connectivity index (χ2n) is 9.61. The number of quaternary nitrogens is 1. The van der Waals surface area contributed by atoms with Crippen LogP contribution in [0.5, 0.6) is 0 Å². The monoisotopic (exact) mass is 484 g/mol. The van der Waals surface area contributed by atoms with Crippen LogP contribution in [0.3, 0.4) is 0 Å². The van der Waals surface area contributed by atoms with Gasteiger partial charge in [0.25, 0.3) is 0 Å². The highest BCUT2D eigenvalue weighted by molar-refractivity contribution is 5.67. The van der Waals surface area contributed by atoms with E-state index in [0.29, 0.717) is 6.54 Å². The van der Waals surface area contributed by atoms with Gasteiger partial charge in [-0.15, -0.1) is 0 Å². The van der Waals surface area contributed by atoms with Gasteiger partial charge in [-0.3, -0.25) is 14.4 Å². The summed E-state index contributed by atoms with van der Waals surface area (Å²) in [5.74, 6) is -2.80. The first kappa shape index (κ1) is 32.1. The molecule has 0 spiro atoms. The molecule has 0 fully saturated rings. The molecular formula is C27H50NO6+. The van der Waals surface area contributed by atoms with Gasteiger partial charge in [-0.2, -0.15) is 0 Å². The fourth-order valence-electron chi connectivity index (χ4n) is 4.36. The van der Waals surface area contributed by atoms with Crippen LogP contribution >= 0.6 is 0 Å². The SMILES string of the molecule is CCCCC/C=C/CCCCCCCCCCC[N+](CCC(=O)O)(CCC(=O)O)CCC(=O)O. The Labute approximate surface area is 206 Å². The minimum atomic E-state index is -0.934. The number of carboxylic acids is 3.